The number of hydrogen-bond acceptors (Lipinski definition) is 5. The van der Waals surface area contributed by atoms with Crippen molar-refractivity contribution in [2.45, 2.75) is 12.8 Å². The van der Waals surface area contributed by atoms with Crippen LogP contribution in [0.3, 0.4) is 0 Å². The first-order chi connectivity index (χ1) is 14.7. The van der Waals surface area contributed by atoms with Gasteiger partial charge in [-0.1, -0.05) is 46.9 Å². The zero-order chi connectivity index (χ0) is 22.8. The van der Waals surface area contributed by atoms with Gasteiger partial charge in [0.15, 0.2) is 11.7 Å². The van der Waals surface area contributed by atoms with Crippen molar-refractivity contribution in [3.63, 3.8) is 0 Å². The summed E-state index contributed by atoms with van der Waals surface area (Å²) in [6.07, 6.45) is -0.189. The fourth-order valence-corrected chi connectivity index (χ4v) is 2.93. The van der Waals surface area contributed by atoms with Crippen molar-refractivity contribution in [2.24, 2.45) is 0 Å². The number of carbonyl (C=O) groups excluding carboxylic acids is 3. The number of carbonyl (C=O) groups is 3. The zero-order valence-corrected chi connectivity index (χ0v) is 18.9. The van der Waals surface area contributed by atoms with Crippen LogP contribution in [-0.4, -0.2) is 29.4 Å². The van der Waals surface area contributed by atoms with Gasteiger partial charge in [-0.3, -0.25) is 30.6 Å². The molecule has 0 aromatic heterocycles. The maximum atomic E-state index is 11.9. The number of rotatable bonds is 7. The van der Waals surface area contributed by atoms with Crippen LogP contribution in [0.2, 0.25) is 15.1 Å². The number of benzene rings is 2. The summed E-state index contributed by atoms with van der Waals surface area (Å²) >= 11 is 22.6. The van der Waals surface area contributed by atoms with Crippen LogP contribution in [0.5, 0.6) is 5.75 Å². The van der Waals surface area contributed by atoms with Gasteiger partial charge >= 0.3 is 0 Å². The number of ether oxygens (including phenoxy) is 1. The minimum absolute atomic E-state index is 0.0758. The minimum atomic E-state index is -0.572. The molecule has 8 nitrogen and oxygen atoms in total. The van der Waals surface area contributed by atoms with Crippen LogP contribution in [-0.2, 0) is 14.4 Å². The quantitative estimate of drug-likeness (QED) is 0.340. The van der Waals surface area contributed by atoms with Crippen molar-refractivity contribution in [3.05, 3.63) is 57.5 Å². The van der Waals surface area contributed by atoms with Gasteiger partial charge in [-0.05, 0) is 42.5 Å². The van der Waals surface area contributed by atoms with E-state index in [2.05, 4.69) is 21.5 Å². The molecule has 164 valence electrons. The Morgan fingerprint density at radius 3 is 2.29 bits per heavy atom. The summed E-state index contributed by atoms with van der Waals surface area (Å²) in [5.74, 6) is -1.17. The van der Waals surface area contributed by atoms with Gasteiger partial charge in [0.05, 0.1) is 15.7 Å². The molecule has 31 heavy (non-hydrogen) atoms. The molecule has 4 N–H and O–H groups in total. The average Bonchev–Trinajstić information content (AvgIpc) is 2.72. The molecule has 3 amide bonds. The maximum Gasteiger partial charge on any atom is 0.264 e. The molecule has 0 aliphatic heterocycles. The van der Waals surface area contributed by atoms with E-state index in [1.54, 1.807) is 30.3 Å². The molecule has 0 unspecified atom stereocenters. The monoisotopic (exact) mass is 502 g/mol. The molecule has 12 heteroatoms. The van der Waals surface area contributed by atoms with Crippen LogP contribution in [0, 0.1) is 0 Å². The molecule has 0 bridgehead atoms. The molecule has 0 radical (unpaired) electrons. The molecule has 0 saturated heterocycles. The standard InChI is InChI=1S/C19H17Cl3N4O4S/c20-11-5-6-15(13(22)9-11)30-10-18(29)24-19(31)26-25-17(28)8-7-16(27)23-14-4-2-1-3-12(14)21/h1-6,9H,7-8,10H2,(H,23,27)(H,25,28)(H2,24,26,29,31). The molecule has 0 aliphatic rings. The molecular formula is C19H17Cl3N4O4S. The normalized spacial score (nSPS) is 10.0. The fraction of sp³-hybridized carbons (Fsp3) is 0.158. The molecule has 2 rings (SSSR count). The van der Waals surface area contributed by atoms with E-state index in [-0.39, 0.29) is 41.2 Å². The summed E-state index contributed by atoms with van der Waals surface area (Å²) < 4.78 is 5.27. The number of hydrogen-bond donors (Lipinski definition) is 4. The first kappa shape index (κ1) is 24.7. The number of thiocarbonyl (C=S) groups is 1. The Labute approximate surface area is 198 Å². The van der Waals surface area contributed by atoms with E-state index in [1.165, 1.54) is 12.1 Å². The Kier molecular flexibility index (Phi) is 9.80. The first-order valence-electron chi connectivity index (χ1n) is 8.75. The SMILES string of the molecule is O=C(CCC(=O)Nc1ccccc1Cl)NNC(=S)NC(=O)COc1ccc(Cl)cc1Cl. The lowest BCUT2D eigenvalue weighted by Crippen LogP contribution is -2.49. The van der Waals surface area contributed by atoms with Crippen molar-refractivity contribution in [3.8, 4) is 5.75 Å². The molecule has 0 heterocycles. The van der Waals surface area contributed by atoms with Crippen LogP contribution in [0.4, 0.5) is 5.69 Å². The summed E-state index contributed by atoms with van der Waals surface area (Å²) in [5.41, 5.74) is 5.10. The van der Waals surface area contributed by atoms with Crippen molar-refractivity contribution in [2.75, 3.05) is 11.9 Å². The maximum absolute atomic E-state index is 11.9. The van der Waals surface area contributed by atoms with Gasteiger partial charge in [0, 0.05) is 17.9 Å². The Morgan fingerprint density at radius 2 is 1.58 bits per heavy atom. The number of nitrogens with one attached hydrogen (secondary N) is 4. The third-order valence-corrected chi connectivity index (χ3v) is 4.61. The summed E-state index contributed by atoms with van der Waals surface area (Å²) in [6.45, 7) is -0.362. The van der Waals surface area contributed by atoms with E-state index in [9.17, 15) is 14.4 Å². The Bertz CT molecular complexity index is 990. The van der Waals surface area contributed by atoms with E-state index in [1.807, 2.05) is 0 Å². The van der Waals surface area contributed by atoms with Gasteiger partial charge < -0.3 is 10.1 Å². The lowest BCUT2D eigenvalue weighted by molar-refractivity contribution is -0.125. The van der Waals surface area contributed by atoms with Crippen molar-refractivity contribution < 1.29 is 19.1 Å². The van der Waals surface area contributed by atoms with Gasteiger partial charge in [-0.2, -0.15) is 0 Å². The van der Waals surface area contributed by atoms with E-state index >= 15 is 0 Å². The molecule has 0 aliphatic carbocycles. The second kappa shape index (κ2) is 12.3. The van der Waals surface area contributed by atoms with E-state index in [0.29, 0.717) is 15.7 Å². The number of para-hydroxylation sites is 1. The van der Waals surface area contributed by atoms with Crippen LogP contribution in [0.15, 0.2) is 42.5 Å². The van der Waals surface area contributed by atoms with E-state index in [4.69, 9.17) is 51.8 Å². The van der Waals surface area contributed by atoms with Gasteiger partial charge in [0.1, 0.15) is 5.75 Å². The topological polar surface area (TPSA) is 109 Å². The summed E-state index contributed by atoms with van der Waals surface area (Å²) in [4.78, 5) is 35.6. The highest BCUT2D eigenvalue weighted by molar-refractivity contribution is 7.80. The highest BCUT2D eigenvalue weighted by Gasteiger charge is 2.11. The summed E-state index contributed by atoms with van der Waals surface area (Å²) in [7, 11) is 0. The van der Waals surface area contributed by atoms with Gasteiger partial charge in [0.25, 0.3) is 5.91 Å². The van der Waals surface area contributed by atoms with Crippen LogP contribution in [0.25, 0.3) is 0 Å². The van der Waals surface area contributed by atoms with Gasteiger partial charge in [-0.15, -0.1) is 0 Å². The molecule has 0 spiro atoms. The second-order valence-electron chi connectivity index (χ2n) is 5.94. The van der Waals surface area contributed by atoms with Crippen molar-refractivity contribution in [1.82, 2.24) is 16.2 Å². The fourth-order valence-electron chi connectivity index (χ4n) is 2.12. The lowest BCUT2D eigenvalue weighted by Gasteiger charge is -2.12. The molecular weight excluding hydrogens is 487 g/mol. The van der Waals surface area contributed by atoms with E-state index < -0.39 is 11.8 Å². The average molecular weight is 504 g/mol. The molecule has 2 aromatic carbocycles. The van der Waals surface area contributed by atoms with Gasteiger partial charge in [-0.25, -0.2) is 0 Å². The first-order valence-corrected chi connectivity index (χ1v) is 10.3. The molecule has 2 aromatic rings. The predicted octanol–water partition coefficient (Wildman–Crippen LogP) is 3.47. The number of halogens is 3. The summed E-state index contributed by atoms with van der Waals surface area (Å²) in [5, 5.41) is 5.86. The highest BCUT2D eigenvalue weighted by Crippen LogP contribution is 2.27. The largest absolute Gasteiger partial charge is 0.482 e. The Balaban J connectivity index is 1.64. The van der Waals surface area contributed by atoms with Crippen molar-refractivity contribution in [1.29, 1.82) is 0 Å². The third-order valence-electron chi connectivity index (χ3n) is 3.55. The number of amides is 3. The third kappa shape index (κ3) is 8.97. The minimum Gasteiger partial charge on any atom is -0.482 e. The second-order valence-corrected chi connectivity index (χ2v) is 7.60. The smallest absolute Gasteiger partial charge is 0.264 e. The Hall–Kier alpha value is -2.59. The number of hydrazine groups is 1. The zero-order valence-electron chi connectivity index (χ0n) is 15.8. The van der Waals surface area contributed by atoms with Crippen LogP contribution >= 0.6 is 47.0 Å². The number of anilines is 1. The van der Waals surface area contributed by atoms with E-state index in [0.717, 1.165) is 0 Å². The Morgan fingerprint density at radius 1 is 0.871 bits per heavy atom. The predicted molar refractivity (Wildman–Crippen MR) is 123 cm³/mol. The van der Waals surface area contributed by atoms with Gasteiger partial charge in [0.2, 0.25) is 11.8 Å². The van der Waals surface area contributed by atoms with Crippen LogP contribution < -0.4 is 26.2 Å². The highest BCUT2D eigenvalue weighted by atomic mass is 35.5. The summed E-state index contributed by atoms with van der Waals surface area (Å²) in [6, 6.07) is 11.3. The molecule has 0 fully saturated rings. The molecule has 0 atom stereocenters. The van der Waals surface area contributed by atoms with Crippen LogP contribution in [0.1, 0.15) is 12.8 Å². The molecule has 0 saturated carbocycles. The van der Waals surface area contributed by atoms with Crippen molar-refractivity contribution >= 4 is 75.5 Å². The lowest BCUT2D eigenvalue weighted by atomic mass is 10.2.